The number of nitrogens with one attached hydrogen (secondary N) is 1. The van der Waals surface area contributed by atoms with Crippen molar-refractivity contribution in [1.82, 2.24) is 20.0 Å². The van der Waals surface area contributed by atoms with Crippen LogP contribution in [0, 0.1) is 17.8 Å². The highest BCUT2D eigenvalue weighted by Gasteiger charge is 2.61. The second kappa shape index (κ2) is 10.9. The summed E-state index contributed by atoms with van der Waals surface area (Å²) in [7, 11) is 2.14. The molecule has 3 saturated carbocycles. The Hall–Kier alpha value is -1.55. The Balaban J connectivity index is 1.18. The maximum absolute atomic E-state index is 16.2. The van der Waals surface area contributed by atoms with E-state index in [1.54, 1.807) is 0 Å². The van der Waals surface area contributed by atoms with Gasteiger partial charge in [-0.25, -0.2) is 4.39 Å². The van der Waals surface area contributed by atoms with Gasteiger partial charge in [-0.05, 0) is 76.8 Å². The smallest absolute Gasteiger partial charge is 0.256 e. The van der Waals surface area contributed by atoms with Crippen LogP contribution in [0.4, 0.5) is 4.39 Å². The molecule has 4 aliphatic heterocycles. The SMILES string of the molecule is CN1CCCC1CCNC(=O)C1=CN2C3CCC4CCCCC4C3OC3C(N4CC[C@@H](N)C4)C(F)CC(C1=O)C32. The number of rotatable bonds is 5. The van der Waals surface area contributed by atoms with Crippen LogP contribution in [0.25, 0.3) is 0 Å². The van der Waals surface area contributed by atoms with Crippen LogP contribution < -0.4 is 11.1 Å². The second-order valence-electron chi connectivity index (χ2n) is 14.0. The Kier molecular flexibility index (Phi) is 7.46. The summed E-state index contributed by atoms with van der Waals surface area (Å²) in [5.41, 5.74) is 6.49. The van der Waals surface area contributed by atoms with Gasteiger partial charge in [-0.2, -0.15) is 0 Å². The zero-order valence-corrected chi connectivity index (χ0v) is 24.1. The number of ether oxygens (including phenoxy) is 1. The largest absolute Gasteiger partial charge is 0.369 e. The molecule has 11 atom stereocenters. The molecule has 7 rings (SSSR count). The van der Waals surface area contributed by atoms with Crippen molar-refractivity contribution in [3.05, 3.63) is 11.8 Å². The third-order valence-electron chi connectivity index (χ3n) is 11.8. The first-order valence-corrected chi connectivity index (χ1v) is 16.2. The number of alkyl halides is 1. The highest BCUT2D eigenvalue weighted by molar-refractivity contribution is 6.20. The number of fused-ring (bicyclic) bond motifs is 4. The standard InChI is InChI=1S/C31H48FN5O3/c1-35-13-4-6-20(35)10-12-34-31(39)23-17-37-25-9-8-18-5-2-3-7-21(18)29(25)40-30-26(37)22(28(23)38)15-24(32)27(30)36-14-11-19(33)16-36/h17-22,24-27,29-30H,2-16,33H2,1H3,(H,34,39)/t18?,19-,20?,21?,22?,24?,25?,26?,27?,29?,30?/m1/s1. The summed E-state index contributed by atoms with van der Waals surface area (Å²) in [5.74, 6) is 0.0921. The molecular weight excluding hydrogens is 509 g/mol. The summed E-state index contributed by atoms with van der Waals surface area (Å²) >= 11 is 0. The number of likely N-dealkylation sites (tertiary alicyclic amines) is 2. The Labute approximate surface area is 238 Å². The molecule has 0 spiro atoms. The molecule has 0 aromatic carbocycles. The van der Waals surface area contributed by atoms with E-state index in [-0.39, 0.29) is 60.1 Å². The van der Waals surface area contributed by atoms with Gasteiger partial charge in [0.2, 0.25) is 0 Å². The van der Waals surface area contributed by atoms with Gasteiger partial charge in [-0.3, -0.25) is 14.5 Å². The number of amides is 1. The minimum absolute atomic E-state index is 0.0247. The van der Waals surface area contributed by atoms with E-state index in [0.717, 1.165) is 45.2 Å². The van der Waals surface area contributed by atoms with Gasteiger partial charge in [-0.1, -0.05) is 19.3 Å². The highest BCUT2D eigenvalue weighted by Crippen LogP contribution is 2.51. The van der Waals surface area contributed by atoms with Gasteiger partial charge >= 0.3 is 0 Å². The summed E-state index contributed by atoms with van der Waals surface area (Å²) in [6, 6.07) is 0.0767. The van der Waals surface area contributed by atoms with Gasteiger partial charge in [0.15, 0.2) is 5.78 Å². The zero-order valence-electron chi connectivity index (χ0n) is 24.1. The molecule has 0 aromatic heterocycles. The molecule has 1 amide bonds. The lowest BCUT2D eigenvalue weighted by Crippen LogP contribution is -2.74. The molecule has 0 radical (unpaired) electrons. The maximum Gasteiger partial charge on any atom is 0.256 e. The van der Waals surface area contributed by atoms with Crippen molar-refractivity contribution in [1.29, 1.82) is 0 Å². The number of carbonyl (C=O) groups excluding carboxylic acids is 2. The van der Waals surface area contributed by atoms with Crippen molar-refractivity contribution >= 4 is 11.7 Å². The first kappa shape index (κ1) is 27.3. The summed E-state index contributed by atoms with van der Waals surface area (Å²) < 4.78 is 23.3. The Morgan fingerprint density at radius 1 is 1.07 bits per heavy atom. The average Bonchev–Trinajstić information content (AvgIpc) is 3.57. The van der Waals surface area contributed by atoms with Crippen LogP contribution in [0.1, 0.15) is 70.6 Å². The average molecular weight is 558 g/mol. The van der Waals surface area contributed by atoms with Crippen molar-refractivity contribution in [2.24, 2.45) is 23.5 Å². The molecular formula is C31H48FN5O3. The van der Waals surface area contributed by atoms with Crippen LogP contribution in [-0.4, -0.2) is 108 Å². The van der Waals surface area contributed by atoms with Crippen molar-refractivity contribution < 1.29 is 18.7 Å². The molecule has 3 saturated heterocycles. The summed E-state index contributed by atoms with van der Waals surface area (Å²) in [6.07, 6.45) is 11.7. The van der Waals surface area contributed by atoms with Gasteiger partial charge < -0.3 is 25.6 Å². The van der Waals surface area contributed by atoms with Gasteiger partial charge in [-0.15, -0.1) is 0 Å². The lowest BCUT2D eigenvalue weighted by molar-refractivity contribution is -0.231. The van der Waals surface area contributed by atoms with Crippen LogP contribution in [0.15, 0.2) is 11.8 Å². The number of hydrogen-bond donors (Lipinski definition) is 2. The molecule has 8 nitrogen and oxygen atoms in total. The number of morpholine rings is 1. The summed E-state index contributed by atoms with van der Waals surface area (Å²) in [6.45, 7) is 3.10. The third kappa shape index (κ3) is 4.63. The molecule has 3 aliphatic carbocycles. The van der Waals surface area contributed by atoms with Gasteiger partial charge in [0.25, 0.3) is 5.91 Å². The van der Waals surface area contributed by atoms with E-state index in [1.807, 2.05) is 6.20 Å². The van der Waals surface area contributed by atoms with Gasteiger partial charge in [0, 0.05) is 43.8 Å². The number of nitrogens with two attached hydrogens (primary N) is 1. The van der Waals surface area contributed by atoms with Crippen LogP contribution in [0.5, 0.6) is 0 Å². The molecule has 222 valence electrons. The number of hydrogen-bond acceptors (Lipinski definition) is 7. The van der Waals surface area contributed by atoms with Crippen molar-refractivity contribution in [2.75, 3.05) is 33.2 Å². The molecule has 9 heteroatoms. The van der Waals surface area contributed by atoms with E-state index in [2.05, 4.69) is 27.1 Å². The number of Topliss-reactive ketones (excluding diaryl/α,β-unsaturated/α-hetero) is 1. The lowest BCUT2D eigenvalue weighted by atomic mass is 9.64. The highest BCUT2D eigenvalue weighted by atomic mass is 19.1. The first-order valence-electron chi connectivity index (χ1n) is 16.2. The fourth-order valence-electron chi connectivity index (χ4n) is 9.81. The van der Waals surface area contributed by atoms with E-state index in [9.17, 15) is 9.59 Å². The molecule has 0 aromatic rings. The molecule has 7 aliphatic rings. The van der Waals surface area contributed by atoms with Crippen molar-refractivity contribution in [3.63, 3.8) is 0 Å². The topological polar surface area (TPSA) is 91.1 Å². The fourth-order valence-corrected chi connectivity index (χ4v) is 9.81. The predicted octanol–water partition coefficient (Wildman–Crippen LogP) is 2.22. The second-order valence-corrected chi connectivity index (χ2v) is 14.0. The van der Waals surface area contributed by atoms with Crippen molar-refractivity contribution in [2.45, 2.75) is 119 Å². The minimum Gasteiger partial charge on any atom is -0.369 e. The quantitative estimate of drug-likeness (QED) is 0.501. The van der Waals surface area contributed by atoms with Crippen molar-refractivity contribution in [3.8, 4) is 0 Å². The van der Waals surface area contributed by atoms with E-state index in [4.69, 9.17) is 10.5 Å². The molecule has 10 unspecified atom stereocenters. The third-order valence-corrected chi connectivity index (χ3v) is 11.8. The number of ketones is 1. The fraction of sp³-hybridized carbons (Fsp3) is 0.871. The molecule has 40 heavy (non-hydrogen) atoms. The Morgan fingerprint density at radius 2 is 1.93 bits per heavy atom. The summed E-state index contributed by atoms with van der Waals surface area (Å²) in [4.78, 5) is 34.3. The first-order chi connectivity index (χ1) is 19.4. The lowest BCUT2D eigenvalue weighted by Gasteiger charge is -2.62. The monoisotopic (exact) mass is 557 g/mol. The Morgan fingerprint density at radius 3 is 2.70 bits per heavy atom. The molecule has 3 N–H and O–H groups in total. The van der Waals surface area contributed by atoms with E-state index in [0.29, 0.717) is 31.0 Å². The maximum atomic E-state index is 16.2. The number of nitrogens with zero attached hydrogens (tertiary/aromatic N) is 3. The van der Waals surface area contributed by atoms with E-state index >= 15 is 4.39 Å². The summed E-state index contributed by atoms with van der Waals surface area (Å²) in [5, 5.41) is 3.06. The van der Waals surface area contributed by atoms with Gasteiger partial charge in [0.1, 0.15) is 6.17 Å². The van der Waals surface area contributed by atoms with Crippen LogP contribution >= 0.6 is 0 Å². The normalized spacial score (nSPS) is 45.5. The number of halogens is 1. The van der Waals surface area contributed by atoms with Crippen LogP contribution in [0.3, 0.4) is 0 Å². The molecule has 4 heterocycles. The Bertz CT molecular complexity index is 1020. The molecule has 6 fully saturated rings. The van der Waals surface area contributed by atoms with E-state index < -0.39 is 12.1 Å². The van der Waals surface area contributed by atoms with E-state index in [1.165, 1.54) is 32.1 Å². The predicted molar refractivity (Wildman–Crippen MR) is 150 cm³/mol. The van der Waals surface area contributed by atoms with Crippen LogP contribution in [-0.2, 0) is 14.3 Å². The minimum atomic E-state index is -1.18. The zero-order chi connectivity index (χ0) is 27.5. The number of carbonyl (C=O) groups is 2. The molecule has 0 bridgehead atoms. The van der Waals surface area contributed by atoms with Gasteiger partial charge in [0.05, 0.1) is 35.9 Å². The van der Waals surface area contributed by atoms with Crippen LogP contribution in [0.2, 0.25) is 0 Å².